The van der Waals surface area contributed by atoms with Crippen LogP contribution in [0.25, 0.3) is 0 Å². The summed E-state index contributed by atoms with van der Waals surface area (Å²) in [4.78, 5) is 25.7. The number of amides is 2. The lowest BCUT2D eigenvalue weighted by molar-refractivity contribution is -0.134. The van der Waals surface area contributed by atoms with E-state index in [1.807, 2.05) is 19.1 Å². The highest BCUT2D eigenvalue weighted by Crippen LogP contribution is 2.28. The van der Waals surface area contributed by atoms with Gasteiger partial charge in [-0.3, -0.25) is 9.59 Å². The lowest BCUT2D eigenvalue weighted by Gasteiger charge is -2.22. The summed E-state index contributed by atoms with van der Waals surface area (Å²) in [6.07, 6.45) is 2.32. The Bertz CT molecular complexity index is 543. The molecule has 0 aromatic heterocycles. The first-order valence-corrected chi connectivity index (χ1v) is 7.97. The molecule has 23 heavy (non-hydrogen) atoms. The first-order valence-electron chi connectivity index (χ1n) is 7.97. The predicted octanol–water partition coefficient (Wildman–Crippen LogP) is 1.59. The average Bonchev–Trinajstić information content (AvgIpc) is 3.38. The van der Waals surface area contributed by atoms with Crippen molar-refractivity contribution >= 4 is 11.8 Å². The van der Waals surface area contributed by atoms with Crippen molar-refractivity contribution in [3.05, 3.63) is 24.3 Å². The van der Waals surface area contributed by atoms with Crippen LogP contribution >= 0.6 is 0 Å². The maximum Gasteiger partial charge on any atom is 0.260 e. The largest absolute Gasteiger partial charge is 0.493 e. The van der Waals surface area contributed by atoms with Gasteiger partial charge in [0.2, 0.25) is 5.91 Å². The first-order chi connectivity index (χ1) is 11.2. The summed E-state index contributed by atoms with van der Waals surface area (Å²) >= 11 is 0. The summed E-state index contributed by atoms with van der Waals surface area (Å²) in [5.41, 5.74) is 0. The van der Waals surface area contributed by atoms with Crippen molar-refractivity contribution in [3.63, 3.8) is 0 Å². The van der Waals surface area contributed by atoms with Crippen LogP contribution in [-0.4, -0.2) is 49.6 Å². The third-order valence-corrected chi connectivity index (χ3v) is 3.68. The lowest BCUT2D eigenvalue weighted by atomic mass is 10.3. The molecule has 1 N–H and O–H groups in total. The minimum Gasteiger partial charge on any atom is -0.493 e. The Morgan fingerprint density at radius 1 is 1.26 bits per heavy atom. The van der Waals surface area contributed by atoms with Gasteiger partial charge in [0.25, 0.3) is 5.91 Å². The van der Waals surface area contributed by atoms with Crippen LogP contribution < -0.4 is 14.8 Å². The van der Waals surface area contributed by atoms with Gasteiger partial charge in [-0.15, -0.1) is 0 Å². The highest BCUT2D eigenvalue weighted by molar-refractivity contribution is 5.80. The smallest absolute Gasteiger partial charge is 0.260 e. The quantitative estimate of drug-likeness (QED) is 0.750. The van der Waals surface area contributed by atoms with E-state index in [0.29, 0.717) is 31.0 Å². The minimum absolute atomic E-state index is 0.0309. The molecule has 2 rings (SSSR count). The van der Waals surface area contributed by atoms with Crippen molar-refractivity contribution < 1.29 is 19.1 Å². The van der Waals surface area contributed by atoms with Gasteiger partial charge in [0.1, 0.15) is 0 Å². The lowest BCUT2D eigenvalue weighted by Crippen LogP contribution is -2.39. The zero-order valence-corrected chi connectivity index (χ0v) is 13.7. The first kappa shape index (κ1) is 17.1. The number of para-hydroxylation sites is 2. The molecule has 2 amide bonds. The van der Waals surface area contributed by atoms with E-state index < -0.39 is 0 Å². The molecule has 0 unspecified atom stereocenters. The van der Waals surface area contributed by atoms with Crippen molar-refractivity contribution in [1.82, 2.24) is 10.2 Å². The van der Waals surface area contributed by atoms with Gasteiger partial charge < -0.3 is 19.7 Å². The Morgan fingerprint density at radius 2 is 1.96 bits per heavy atom. The fourth-order valence-electron chi connectivity index (χ4n) is 2.37. The van der Waals surface area contributed by atoms with Gasteiger partial charge in [0.05, 0.1) is 7.11 Å². The number of nitrogens with zero attached hydrogens (tertiary/aromatic N) is 1. The van der Waals surface area contributed by atoms with Crippen molar-refractivity contribution in [1.29, 1.82) is 0 Å². The van der Waals surface area contributed by atoms with Gasteiger partial charge in [0, 0.05) is 25.6 Å². The van der Waals surface area contributed by atoms with E-state index in [1.165, 1.54) is 0 Å². The topological polar surface area (TPSA) is 67.9 Å². The van der Waals surface area contributed by atoms with Crippen LogP contribution in [0.5, 0.6) is 11.5 Å². The van der Waals surface area contributed by atoms with Crippen molar-refractivity contribution in [2.45, 2.75) is 32.2 Å². The van der Waals surface area contributed by atoms with Gasteiger partial charge in [-0.1, -0.05) is 12.1 Å². The Hall–Kier alpha value is -2.24. The molecule has 0 saturated heterocycles. The molecule has 0 heterocycles. The molecular weight excluding hydrogens is 296 g/mol. The second-order valence-corrected chi connectivity index (χ2v) is 5.46. The Labute approximate surface area is 136 Å². The molecule has 1 aliphatic carbocycles. The number of methoxy groups -OCH3 is 1. The van der Waals surface area contributed by atoms with Crippen LogP contribution in [0.1, 0.15) is 26.2 Å². The third-order valence-electron chi connectivity index (χ3n) is 3.68. The number of carbonyl (C=O) groups excluding carboxylic acids is 2. The van der Waals surface area contributed by atoms with Gasteiger partial charge in [-0.2, -0.15) is 0 Å². The van der Waals surface area contributed by atoms with Gasteiger partial charge in [-0.05, 0) is 31.9 Å². The molecule has 6 nitrogen and oxygen atoms in total. The normalized spacial score (nSPS) is 13.3. The van der Waals surface area contributed by atoms with E-state index in [0.717, 1.165) is 12.8 Å². The number of ether oxygens (including phenoxy) is 2. The summed E-state index contributed by atoms with van der Waals surface area (Å²) in [5.74, 6) is 1.02. The van der Waals surface area contributed by atoms with Crippen molar-refractivity contribution in [3.8, 4) is 11.5 Å². The van der Waals surface area contributed by atoms with E-state index in [2.05, 4.69) is 5.32 Å². The predicted molar refractivity (Wildman–Crippen MR) is 86.5 cm³/mol. The maximum absolute atomic E-state index is 12.4. The molecule has 0 radical (unpaired) electrons. The summed E-state index contributed by atoms with van der Waals surface area (Å²) in [5, 5.41) is 2.75. The molecule has 0 spiro atoms. The zero-order valence-electron chi connectivity index (χ0n) is 13.7. The van der Waals surface area contributed by atoms with Gasteiger partial charge >= 0.3 is 0 Å². The molecule has 126 valence electrons. The second-order valence-electron chi connectivity index (χ2n) is 5.46. The molecule has 1 saturated carbocycles. The molecule has 0 atom stereocenters. The highest BCUT2D eigenvalue weighted by atomic mass is 16.5. The van der Waals surface area contributed by atoms with Crippen molar-refractivity contribution in [2.75, 3.05) is 26.8 Å². The summed E-state index contributed by atoms with van der Waals surface area (Å²) in [7, 11) is 1.56. The van der Waals surface area contributed by atoms with E-state index in [9.17, 15) is 9.59 Å². The Morgan fingerprint density at radius 3 is 2.57 bits per heavy atom. The standard InChI is InChI=1S/C17H24N2O4/c1-3-18-16(20)10-11-19(13-8-9-13)17(21)12-23-15-7-5-4-6-14(15)22-2/h4-7,13H,3,8-12H2,1-2H3,(H,18,20). The van der Waals surface area contributed by atoms with Crippen LogP contribution in [0.4, 0.5) is 0 Å². The van der Waals surface area contributed by atoms with E-state index >= 15 is 0 Å². The highest BCUT2D eigenvalue weighted by Gasteiger charge is 2.32. The SMILES string of the molecule is CCNC(=O)CCN(C(=O)COc1ccccc1OC)C1CC1. The summed E-state index contributed by atoms with van der Waals surface area (Å²) < 4.78 is 10.8. The van der Waals surface area contributed by atoms with Crippen LogP contribution in [0, 0.1) is 0 Å². The van der Waals surface area contributed by atoms with Gasteiger partial charge in [0.15, 0.2) is 18.1 Å². The monoisotopic (exact) mass is 320 g/mol. The van der Waals surface area contributed by atoms with E-state index in [1.54, 1.807) is 24.1 Å². The maximum atomic E-state index is 12.4. The van der Waals surface area contributed by atoms with Crippen LogP contribution in [-0.2, 0) is 9.59 Å². The Balaban J connectivity index is 1.87. The number of rotatable bonds is 9. The number of nitrogens with one attached hydrogen (secondary N) is 1. The molecule has 1 fully saturated rings. The zero-order chi connectivity index (χ0) is 16.7. The Kier molecular flexibility index (Phi) is 6.26. The van der Waals surface area contributed by atoms with Gasteiger partial charge in [-0.25, -0.2) is 0 Å². The molecule has 0 aliphatic heterocycles. The number of hydrogen-bond acceptors (Lipinski definition) is 4. The second kappa shape index (κ2) is 8.41. The molecule has 0 bridgehead atoms. The summed E-state index contributed by atoms with van der Waals surface area (Å²) in [6.45, 7) is 2.87. The third kappa shape index (κ3) is 5.16. The van der Waals surface area contributed by atoms with Crippen LogP contribution in [0.2, 0.25) is 0 Å². The average molecular weight is 320 g/mol. The van der Waals surface area contributed by atoms with E-state index in [-0.39, 0.29) is 24.5 Å². The fourth-order valence-corrected chi connectivity index (χ4v) is 2.37. The molecular formula is C17H24N2O4. The van der Waals surface area contributed by atoms with Crippen molar-refractivity contribution in [2.24, 2.45) is 0 Å². The molecule has 1 aromatic rings. The molecule has 1 aliphatic rings. The van der Waals surface area contributed by atoms with E-state index in [4.69, 9.17) is 9.47 Å². The summed E-state index contributed by atoms with van der Waals surface area (Å²) in [6, 6.07) is 7.47. The molecule has 1 aromatic carbocycles. The number of carbonyl (C=O) groups is 2. The number of hydrogen-bond donors (Lipinski definition) is 1. The minimum atomic E-state index is -0.0947. The molecule has 6 heteroatoms. The van der Waals surface area contributed by atoms with Crippen LogP contribution in [0.15, 0.2) is 24.3 Å². The fraction of sp³-hybridized carbons (Fsp3) is 0.529. The van der Waals surface area contributed by atoms with Crippen LogP contribution in [0.3, 0.4) is 0 Å². The number of benzene rings is 1.